The Kier molecular flexibility index (Phi) is 4.92. The predicted octanol–water partition coefficient (Wildman–Crippen LogP) is 2.71. The molecule has 0 fully saturated rings. The van der Waals surface area contributed by atoms with E-state index in [9.17, 15) is 17.6 Å². The highest BCUT2D eigenvalue weighted by Crippen LogP contribution is 2.24. The van der Waals surface area contributed by atoms with Crippen molar-refractivity contribution in [2.24, 2.45) is 0 Å². The molecule has 3 rings (SSSR count). The molecule has 1 heterocycles. The van der Waals surface area contributed by atoms with E-state index in [2.05, 4.69) is 10.6 Å². The zero-order valence-corrected chi connectivity index (χ0v) is 14.5. The molecule has 0 radical (unpaired) electrons. The maximum absolute atomic E-state index is 12.9. The summed E-state index contributed by atoms with van der Waals surface area (Å²) in [6.07, 6.45) is 1.35. The first kappa shape index (κ1) is 17.9. The molecule has 0 saturated carbocycles. The number of halogens is 1. The molecule has 0 saturated heterocycles. The zero-order chi connectivity index (χ0) is 18.7. The lowest BCUT2D eigenvalue weighted by molar-refractivity contribution is 0.0964. The third-order valence-corrected chi connectivity index (χ3v) is 4.92. The largest absolute Gasteiger partial charge is 0.463 e. The van der Waals surface area contributed by atoms with Crippen molar-refractivity contribution in [1.82, 2.24) is 5.32 Å². The van der Waals surface area contributed by atoms with Gasteiger partial charge in [-0.25, -0.2) is 8.57 Å². The van der Waals surface area contributed by atoms with Crippen LogP contribution in [0.5, 0.6) is 0 Å². The molecular formula is C17H15FN2O5S. The number of rotatable bonds is 6. The molecule has 0 spiro atoms. The SMILES string of the molecule is CNC(=O)c1coc2cc(NCOS(=O)(=O)c3ccc(F)cc3)ccc12. The fourth-order valence-corrected chi connectivity index (χ4v) is 3.13. The van der Waals surface area contributed by atoms with Crippen LogP contribution in [0.4, 0.5) is 10.1 Å². The number of fused-ring (bicyclic) bond motifs is 1. The van der Waals surface area contributed by atoms with Gasteiger partial charge in [0, 0.05) is 24.2 Å². The van der Waals surface area contributed by atoms with E-state index < -0.39 is 15.9 Å². The summed E-state index contributed by atoms with van der Waals surface area (Å²) in [5.41, 5.74) is 1.42. The molecule has 0 atom stereocenters. The van der Waals surface area contributed by atoms with Gasteiger partial charge in [0.2, 0.25) is 0 Å². The molecule has 0 unspecified atom stereocenters. The fraction of sp³-hybridized carbons (Fsp3) is 0.118. The topological polar surface area (TPSA) is 97.6 Å². The van der Waals surface area contributed by atoms with Crippen LogP contribution in [0.1, 0.15) is 10.4 Å². The molecule has 1 aromatic heterocycles. The summed E-state index contributed by atoms with van der Waals surface area (Å²) in [4.78, 5) is 11.6. The van der Waals surface area contributed by atoms with Gasteiger partial charge in [0.1, 0.15) is 24.4 Å². The first-order valence-electron chi connectivity index (χ1n) is 7.53. The number of carbonyl (C=O) groups excluding carboxylic acids is 1. The van der Waals surface area contributed by atoms with Gasteiger partial charge in [-0.3, -0.25) is 4.79 Å². The van der Waals surface area contributed by atoms with E-state index in [1.165, 1.54) is 13.3 Å². The summed E-state index contributed by atoms with van der Waals surface area (Å²) in [5.74, 6) is -0.803. The second-order valence-electron chi connectivity index (χ2n) is 5.29. The highest BCUT2D eigenvalue weighted by Gasteiger charge is 2.16. The van der Waals surface area contributed by atoms with E-state index in [-0.39, 0.29) is 17.5 Å². The van der Waals surface area contributed by atoms with Crippen LogP contribution in [0.15, 0.2) is 58.0 Å². The second kappa shape index (κ2) is 7.14. The maximum Gasteiger partial charge on any atom is 0.298 e. The normalized spacial score (nSPS) is 11.5. The highest BCUT2D eigenvalue weighted by molar-refractivity contribution is 7.86. The molecule has 2 N–H and O–H groups in total. The fourth-order valence-electron chi connectivity index (χ4n) is 2.31. The Morgan fingerprint density at radius 2 is 1.92 bits per heavy atom. The smallest absolute Gasteiger partial charge is 0.298 e. The quantitative estimate of drug-likeness (QED) is 0.506. The molecule has 2 aromatic carbocycles. The van der Waals surface area contributed by atoms with Crippen LogP contribution >= 0.6 is 0 Å². The maximum atomic E-state index is 12.9. The summed E-state index contributed by atoms with van der Waals surface area (Å²) in [7, 11) is -2.48. The Labute approximate surface area is 148 Å². The minimum atomic E-state index is -4.01. The van der Waals surface area contributed by atoms with E-state index in [0.29, 0.717) is 22.2 Å². The van der Waals surface area contributed by atoms with Crippen molar-refractivity contribution in [2.75, 3.05) is 19.1 Å². The number of anilines is 1. The minimum Gasteiger partial charge on any atom is -0.463 e. The van der Waals surface area contributed by atoms with Crippen molar-refractivity contribution in [3.05, 3.63) is 60.1 Å². The van der Waals surface area contributed by atoms with E-state index >= 15 is 0 Å². The predicted molar refractivity (Wildman–Crippen MR) is 92.8 cm³/mol. The van der Waals surface area contributed by atoms with Crippen LogP contribution in [0.25, 0.3) is 11.0 Å². The number of hydrogen-bond acceptors (Lipinski definition) is 6. The van der Waals surface area contributed by atoms with Gasteiger partial charge in [-0.1, -0.05) is 0 Å². The average molecular weight is 378 g/mol. The summed E-state index contributed by atoms with van der Waals surface area (Å²) >= 11 is 0. The Morgan fingerprint density at radius 1 is 1.19 bits per heavy atom. The van der Waals surface area contributed by atoms with Crippen molar-refractivity contribution >= 4 is 32.7 Å². The lowest BCUT2D eigenvalue weighted by Crippen LogP contribution is -2.17. The summed E-state index contributed by atoms with van der Waals surface area (Å²) < 4.78 is 47.1. The third-order valence-electron chi connectivity index (χ3n) is 3.64. The zero-order valence-electron chi connectivity index (χ0n) is 13.7. The van der Waals surface area contributed by atoms with Crippen LogP contribution in [0, 0.1) is 5.82 Å². The summed E-state index contributed by atoms with van der Waals surface area (Å²) in [6.45, 7) is -0.325. The van der Waals surface area contributed by atoms with Gasteiger partial charge in [0.15, 0.2) is 0 Å². The molecule has 0 aliphatic carbocycles. The first-order chi connectivity index (χ1) is 12.4. The van der Waals surface area contributed by atoms with E-state index in [0.717, 1.165) is 24.3 Å². The molecule has 0 aliphatic heterocycles. The molecule has 0 bridgehead atoms. The number of hydrogen-bond donors (Lipinski definition) is 2. The molecule has 1 amide bonds. The highest BCUT2D eigenvalue weighted by atomic mass is 32.2. The number of benzene rings is 2. The third kappa shape index (κ3) is 3.68. The summed E-state index contributed by atoms with van der Waals surface area (Å²) in [6, 6.07) is 9.30. The van der Waals surface area contributed by atoms with Crippen molar-refractivity contribution in [2.45, 2.75) is 4.90 Å². The van der Waals surface area contributed by atoms with Gasteiger partial charge in [0.25, 0.3) is 16.0 Å². The molecule has 9 heteroatoms. The van der Waals surface area contributed by atoms with E-state index in [1.54, 1.807) is 18.2 Å². The lowest BCUT2D eigenvalue weighted by atomic mass is 10.1. The molecule has 7 nitrogen and oxygen atoms in total. The van der Waals surface area contributed by atoms with Crippen LogP contribution in [-0.2, 0) is 14.3 Å². The Morgan fingerprint density at radius 3 is 2.62 bits per heavy atom. The monoisotopic (exact) mass is 378 g/mol. The van der Waals surface area contributed by atoms with Crippen molar-refractivity contribution in [3.63, 3.8) is 0 Å². The first-order valence-corrected chi connectivity index (χ1v) is 8.94. The molecular weight excluding hydrogens is 363 g/mol. The molecule has 0 aliphatic rings. The van der Waals surface area contributed by atoms with Gasteiger partial charge in [-0.05, 0) is 36.4 Å². The Bertz CT molecular complexity index is 1040. The Hall–Kier alpha value is -2.91. The van der Waals surface area contributed by atoms with Gasteiger partial charge < -0.3 is 15.1 Å². The van der Waals surface area contributed by atoms with Gasteiger partial charge in [-0.2, -0.15) is 8.42 Å². The molecule has 26 heavy (non-hydrogen) atoms. The number of carbonyl (C=O) groups is 1. The number of furan rings is 1. The average Bonchev–Trinajstić information content (AvgIpc) is 3.04. The lowest BCUT2D eigenvalue weighted by Gasteiger charge is -2.08. The van der Waals surface area contributed by atoms with Crippen molar-refractivity contribution in [1.29, 1.82) is 0 Å². The number of nitrogens with one attached hydrogen (secondary N) is 2. The minimum absolute atomic E-state index is 0.141. The van der Waals surface area contributed by atoms with E-state index in [1.807, 2.05) is 0 Å². The van der Waals surface area contributed by atoms with Gasteiger partial charge in [0.05, 0.1) is 10.5 Å². The van der Waals surface area contributed by atoms with Gasteiger partial charge in [-0.15, -0.1) is 0 Å². The standard InChI is InChI=1S/C17H15FN2O5S/c1-19-17(21)15-9-24-16-8-12(4-7-14(15)16)20-10-25-26(22,23)13-5-2-11(18)3-6-13/h2-9,20H,10H2,1H3,(H,19,21). The molecule has 3 aromatic rings. The van der Waals surface area contributed by atoms with Crippen LogP contribution in [-0.4, -0.2) is 28.1 Å². The van der Waals surface area contributed by atoms with Crippen LogP contribution < -0.4 is 10.6 Å². The van der Waals surface area contributed by atoms with Gasteiger partial charge >= 0.3 is 0 Å². The van der Waals surface area contributed by atoms with Crippen LogP contribution in [0.3, 0.4) is 0 Å². The summed E-state index contributed by atoms with van der Waals surface area (Å²) in [5, 5.41) is 5.94. The second-order valence-corrected chi connectivity index (χ2v) is 6.90. The van der Waals surface area contributed by atoms with Crippen LogP contribution in [0.2, 0.25) is 0 Å². The number of amides is 1. The van der Waals surface area contributed by atoms with E-state index in [4.69, 9.17) is 8.60 Å². The van der Waals surface area contributed by atoms with Crippen molar-refractivity contribution in [3.8, 4) is 0 Å². The molecule has 136 valence electrons. The Balaban J connectivity index is 1.68. The van der Waals surface area contributed by atoms with Crippen molar-refractivity contribution < 1.29 is 26.2 Å².